The van der Waals surface area contributed by atoms with Gasteiger partial charge in [0.05, 0.1) is 10.6 Å². The van der Waals surface area contributed by atoms with Crippen LogP contribution in [0, 0.1) is 0 Å². The number of benzene rings is 2. The number of rotatable bonds is 9. The zero-order valence-corrected chi connectivity index (χ0v) is 17.9. The van der Waals surface area contributed by atoms with Crippen molar-refractivity contribution in [2.75, 3.05) is 31.0 Å². The van der Waals surface area contributed by atoms with Crippen LogP contribution < -0.4 is 4.72 Å². The number of carbonyl (C=O) groups excluding carboxylic acids is 1. The molecule has 28 heavy (non-hydrogen) atoms. The molecule has 6 nitrogen and oxygen atoms in total. The second-order valence-electron chi connectivity index (χ2n) is 5.92. The van der Waals surface area contributed by atoms with E-state index in [2.05, 4.69) is 9.62 Å². The number of ether oxygens (including phenoxy) is 1. The second kappa shape index (κ2) is 10.1. The predicted molar refractivity (Wildman–Crippen MR) is 112 cm³/mol. The number of halogens is 2. The summed E-state index contributed by atoms with van der Waals surface area (Å²) in [6.45, 7) is 6.82. The molecule has 0 bridgehead atoms. The fourth-order valence-corrected chi connectivity index (χ4v) is 4.28. The first-order chi connectivity index (χ1) is 13.3. The monoisotopic (exact) mass is 444 g/mol. The number of nitrogens with zero attached hydrogens (tertiary/aromatic N) is 1. The van der Waals surface area contributed by atoms with Crippen molar-refractivity contribution in [1.82, 2.24) is 4.90 Å². The van der Waals surface area contributed by atoms with E-state index in [1.165, 1.54) is 42.5 Å². The number of nitrogens with one attached hydrogen (secondary N) is 1. The third-order valence-electron chi connectivity index (χ3n) is 4.09. The molecule has 0 amide bonds. The summed E-state index contributed by atoms with van der Waals surface area (Å²) in [4.78, 5) is 14.1. The average Bonchev–Trinajstić information content (AvgIpc) is 2.67. The molecular weight excluding hydrogens is 423 g/mol. The van der Waals surface area contributed by atoms with Crippen molar-refractivity contribution in [2.24, 2.45) is 0 Å². The highest BCUT2D eigenvalue weighted by Gasteiger charge is 2.19. The van der Waals surface area contributed by atoms with Gasteiger partial charge in [-0.1, -0.05) is 37.0 Å². The number of hydrogen-bond acceptors (Lipinski definition) is 5. The van der Waals surface area contributed by atoms with E-state index in [0.717, 1.165) is 13.1 Å². The van der Waals surface area contributed by atoms with Crippen LogP contribution in [0.25, 0.3) is 0 Å². The lowest BCUT2D eigenvalue weighted by Gasteiger charge is -2.17. The molecule has 9 heteroatoms. The Hall–Kier alpha value is -1.80. The molecule has 0 aliphatic rings. The van der Waals surface area contributed by atoms with Crippen molar-refractivity contribution >= 4 is 44.9 Å². The lowest BCUT2D eigenvalue weighted by molar-refractivity contribution is 0.0466. The topological polar surface area (TPSA) is 75.7 Å². The summed E-state index contributed by atoms with van der Waals surface area (Å²) in [5.74, 6) is -0.459. The summed E-state index contributed by atoms with van der Waals surface area (Å²) in [6, 6.07) is 10.1. The quantitative estimate of drug-likeness (QED) is 0.583. The predicted octanol–water partition coefficient (Wildman–Crippen LogP) is 4.29. The minimum absolute atomic E-state index is 0.0605. The summed E-state index contributed by atoms with van der Waals surface area (Å²) in [7, 11) is -3.92. The Bertz CT molecular complexity index is 914. The SMILES string of the molecule is CCN(CC)CCOC(=O)c1ccc(NS(=O)(=O)c2cc(Cl)ccc2Cl)cc1. The highest BCUT2D eigenvalue weighted by atomic mass is 35.5. The molecule has 0 aromatic heterocycles. The van der Waals surface area contributed by atoms with Gasteiger partial charge < -0.3 is 9.64 Å². The molecule has 152 valence electrons. The van der Waals surface area contributed by atoms with Gasteiger partial charge >= 0.3 is 5.97 Å². The van der Waals surface area contributed by atoms with Crippen LogP contribution in [0.1, 0.15) is 24.2 Å². The summed E-state index contributed by atoms with van der Waals surface area (Å²) >= 11 is 11.8. The van der Waals surface area contributed by atoms with E-state index in [-0.39, 0.29) is 20.6 Å². The Kier molecular flexibility index (Phi) is 8.12. The van der Waals surface area contributed by atoms with Crippen molar-refractivity contribution in [2.45, 2.75) is 18.7 Å². The standard InChI is InChI=1S/C19H22Cl2N2O4S/c1-3-23(4-2)11-12-27-19(24)14-5-8-16(9-6-14)22-28(25,26)18-13-15(20)7-10-17(18)21/h5-10,13,22H,3-4,11-12H2,1-2H3. The molecule has 0 atom stereocenters. The maximum absolute atomic E-state index is 12.5. The molecule has 0 spiro atoms. The van der Waals surface area contributed by atoms with Gasteiger partial charge in [0.1, 0.15) is 11.5 Å². The second-order valence-corrected chi connectivity index (χ2v) is 8.41. The van der Waals surface area contributed by atoms with Gasteiger partial charge in [-0.25, -0.2) is 13.2 Å². The number of hydrogen-bond donors (Lipinski definition) is 1. The zero-order chi connectivity index (χ0) is 20.7. The lowest BCUT2D eigenvalue weighted by Crippen LogP contribution is -2.27. The first-order valence-electron chi connectivity index (χ1n) is 8.74. The number of anilines is 1. The third-order valence-corrected chi connectivity index (χ3v) is 6.19. The van der Waals surface area contributed by atoms with Crippen molar-refractivity contribution < 1.29 is 17.9 Å². The maximum atomic E-state index is 12.5. The third kappa shape index (κ3) is 6.10. The Morgan fingerprint density at radius 2 is 1.71 bits per heavy atom. The molecule has 0 heterocycles. The normalized spacial score (nSPS) is 11.5. The molecule has 0 radical (unpaired) electrons. The number of likely N-dealkylation sites (N-methyl/N-ethyl adjacent to an activating group) is 1. The molecular formula is C19H22Cl2N2O4S. The Labute approximate surface area is 175 Å². The van der Waals surface area contributed by atoms with E-state index in [9.17, 15) is 13.2 Å². The van der Waals surface area contributed by atoms with E-state index in [4.69, 9.17) is 27.9 Å². The van der Waals surface area contributed by atoms with Crippen LogP contribution in [0.15, 0.2) is 47.4 Å². The largest absolute Gasteiger partial charge is 0.461 e. The molecule has 0 fully saturated rings. The first-order valence-corrected chi connectivity index (χ1v) is 11.0. The summed E-state index contributed by atoms with van der Waals surface area (Å²) < 4.78 is 32.7. The van der Waals surface area contributed by atoms with Gasteiger partial charge in [-0.2, -0.15) is 0 Å². The van der Waals surface area contributed by atoms with Crippen LogP contribution >= 0.6 is 23.2 Å². The fraction of sp³-hybridized carbons (Fsp3) is 0.316. The minimum atomic E-state index is -3.92. The summed E-state index contributed by atoms with van der Waals surface area (Å²) in [5, 5.41) is 0.317. The molecule has 1 N–H and O–H groups in total. The van der Waals surface area contributed by atoms with Gasteiger partial charge in [0, 0.05) is 17.3 Å². The maximum Gasteiger partial charge on any atom is 0.338 e. The van der Waals surface area contributed by atoms with Crippen molar-refractivity contribution in [3.63, 3.8) is 0 Å². The molecule has 0 aliphatic carbocycles. The van der Waals surface area contributed by atoms with Crippen LogP contribution in [-0.4, -0.2) is 45.5 Å². The molecule has 2 aromatic rings. The van der Waals surface area contributed by atoms with E-state index in [0.29, 0.717) is 18.7 Å². The van der Waals surface area contributed by atoms with Gasteiger partial charge in [0.25, 0.3) is 10.0 Å². The summed E-state index contributed by atoms with van der Waals surface area (Å²) in [6.07, 6.45) is 0. The number of carbonyl (C=O) groups is 1. The fourth-order valence-electron chi connectivity index (χ4n) is 2.46. The Morgan fingerprint density at radius 1 is 1.07 bits per heavy atom. The minimum Gasteiger partial charge on any atom is -0.461 e. The first kappa shape index (κ1) is 22.5. The highest BCUT2D eigenvalue weighted by Crippen LogP contribution is 2.27. The van der Waals surface area contributed by atoms with Gasteiger partial charge in [0.15, 0.2) is 0 Å². The van der Waals surface area contributed by atoms with E-state index in [1.54, 1.807) is 0 Å². The van der Waals surface area contributed by atoms with Gasteiger partial charge in [-0.15, -0.1) is 0 Å². The molecule has 0 aliphatic heterocycles. The van der Waals surface area contributed by atoms with Gasteiger partial charge in [-0.3, -0.25) is 4.72 Å². The van der Waals surface area contributed by atoms with E-state index in [1.807, 2.05) is 13.8 Å². The molecule has 2 aromatic carbocycles. The molecule has 2 rings (SSSR count). The number of esters is 1. The van der Waals surface area contributed by atoms with E-state index < -0.39 is 16.0 Å². The zero-order valence-electron chi connectivity index (χ0n) is 15.6. The van der Waals surface area contributed by atoms with Crippen LogP contribution in [0.3, 0.4) is 0 Å². The Morgan fingerprint density at radius 3 is 2.32 bits per heavy atom. The smallest absolute Gasteiger partial charge is 0.338 e. The van der Waals surface area contributed by atoms with Gasteiger partial charge in [-0.05, 0) is 55.6 Å². The van der Waals surface area contributed by atoms with Crippen LogP contribution in [0.2, 0.25) is 10.0 Å². The molecule has 0 unspecified atom stereocenters. The summed E-state index contributed by atoms with van der Waals surface area (Å²) in [5.41, 5.74) is 0.624. The molecule has 0 saturated heterocycles. The van der Waals surface area contributed by atoms with Crippen molar-refractivity contribution in [3.8, 4) is 0 Å². The lowest BCUT2D eigenvalue weighted by atomic mass is 10.2. The van der Waals surface area contributed by atoms with Crippen molar-refractivity contribution in [3.05, 3.63) is 58.1 Å². The van der Waals surface area contributed by atoms with Crippen LogP contribution in [0.4, 0.5) is 5.69 Å². The van der Waals surface area contributed by atoms with Crippen LogP contribution in [-0.2, 0) is 14.8 Å². The van der Waals surface area contributed by atoms with E-state index >= 15 is 0 Å². The molecule has 0 saturated carbocycles. The average molecular weight is 445 g/mol. The van der Waals surface area contributed by atoms with Gasteiger partial charge in [0.2, 0.25) is 0 Å². The highest BCUT2D eigenvalue weighted by molar-refractivity contribution is 7.92. The Balaban J connectivity index is 2.02. The number of sulfonamides is 1. The van der Waals surface area contributed by atoms with Crippen LogP contribution in [0.5, 0.6) is 0 Å². The van der Waals surface area contributed by atoms with Crippen molar-refractivity contribution in [1.29, 1.82) is 0 Å².